The number of hydrogen-bond donors (Lipinski definition) is 0. The normalized spacial score (nSPS) is 15.3. The highest BCUT2D eigenvalue weighted by Gasteiger charge is 2.39. The van der Waals surface area contributed by atoms with Gasteiger partial charge in [0.2, 0.25) is 0 Å². The Labute approximate surface area is 234 Å². The van der Waals surface area contributed by atoms with Crippen LogP contribution in [0.25, 0.3) is 11.1 Å². The smallest absolute Gasteiger partial charge is 0.0450 e. The second kappa shape index (κ2) is 8.01. The van der Waals surface area contributed by atoms with Gasteiger partial charge in [-0.1, -0.05) is 77.9 Å². The minimum atomic E-state index is 0.0264. The topological polar surface area (TPSA) is 6.48 Å². The molecule has 2 heterocycles. The van der Waals surface area contributed by atoms with E-state index >= 15 is 0 Å². The lowest BCUT2D eigenvalue weighted by Gasteiger charge is -2.38. The van der Waals surface area contributed by atoms with Crippen LogP contribution in [0.4, 0.5) is 22.7 Å². The number of nitrogens with zero attached hydrogens (tertiary/aromatic N) is 2. The molecular formula is C37H40N2. The highest BCUT2D eigenvalue weighted by molar-refractivity contribution is 5.93. The van der Waals surface area contributed by atoms with Crippen LogP contribution in [0, 0.1) is 0 Å². The molecule has 0 N–H and O–H groups in total. The first-order valence-corrected chi connectivity index (χ1v) is 14.5. The largest absolute Gasteiger partial charge is 0.344 e. The van der Waals surface area contributed by atoms with E-state index in [9.17, 15) is 0 Å². The molecule has 0 atom stereocenters. The van der Waals surface area contributed by atoms with Crippen LogP contribution in [0.2, 0.25) is 0 Å². The number of hydrogen-bond acceptors (Lipinski definition) is 2. The van der Waals surface area contributed by atoms with Crippen LogP contribution in [-0.2, 0) is 30.1 Å². The summed E-state index contributed by atoms with van der Waals surface area (Å²) >= 11 is 0. The average Bonchev–Trinajstić information content (AvgIpc) is 3.23. The molecule has 2 heteroatoms. The van der Waals surface area contributed by atoms with Gasteiger partial charge in [0.25, 0.3) is 0 Å². The zero-order valence-corrected chi connectivity index (χ0v) is 24.8. The van der Waals surface area contributed by atoms with Crippen LogP contribution in [-0.4, -0.2) is 14.1 Å². The van der Waals surface area contributed by atoms with Gasteiger partial charge in [-0.15, -0.1) is 0 Å². The summed E-state index contributed by atoms with van der Waals surface area (Å²) in [6.45, 7) is 14.5. The molecule has 7 rings (SSSR count). The van der Waals surface area contributed by atoms with Gasteiger partial charge in [0, 0.05) is 49.7 Å². The molecule has 0 saturated carbocycles. The van der Waals surface area contributed by atoms with E-state index in [0.717, 1.165) is 19.3 Å². The molecule has 2 aliphatic heterocycles. The Morgan fingerprint density at radius 2 is 0.872 bits per heavy atom. The van der Waals surface area contributed by atoms with E-state index in [1.54, 1.807) is 11.1 Å². The molecule has 0 saturated heterocycles. The zero-order valence-electron chi connectivity index (χ0n) is 24.8. The van der Waals surface area contributed by atoms with Gasteiger partial charge in [-0.05, 0) is 97.2 Å². The Bertz CT molecular complexity index is 1550. The van der Waals surface area contributed by atoms with Crippen LogP contribution in [0.3, 0.4) is 0 Å². The fourth-order valence-corrected chi connectivity index (χ4v) is 7.81. The molecule has 0 amide bonds. The summed E-state index contributed by atoms with van der Waals surface area (Å²) in [7, 11) is 4.51. The van der Waals surface area contributed by atoms with Gasteiger partial charge in [0.15, 0.2) is 0 Å². The predicted octanol–water partition coefficient (Wildman–Crippen LogP) is 9.20. The number of benzene rings is 4. The van der Waals surface area contributed by atoms with Crippen molar-refractivity contribution in [3.05, 3.63) is 105 Å². The highest BCUT2D eigenvalue weighted by Crippen LogP contribution is 2.56. The number of para-hydroxylation sites is 2. The first-order valence-electron chi connectivity index (χ1n) is 14.5. The monoisotopic (exact) mass is 512 g/mol. The maximum absolute atomic E-state index is 2.53. The van der Waals surface area contributed by atoms with Crippen molar-refractivity contribution in [1.82, 2.24) is 0 Å². The molecule has 39 heavy (non-hydrogen) atoms. The van der Waals surface area contributed by atoms with E-state index in [1.165, 1.54) is 67.3 Å². The van der Waals surface area contributed by atoms with E-state index in [-0.39, 0.29) is 10.8 Å². The maximum Gasteiger partial charge on any atom is 0.0450 e. The van der Waals surface area contributed by atoms with E-state index in [1.807, 2.05) is 0 Å². The van der Waals surface area contributed by atoms with Crippen molar-refractivity contribution < 1.29 is 0 Å². The molecule has 3 aliphatic rings. The minimum Gasteiger partial charge on any atom is -0.344 e. The number of anilines is 4. The van der Waals surface area contributed by atoms with Gasteiger partial charge < -0.3 is 9.80 Å². The third-order valence-electron chi connectivity index (χ3n) is 9.28. The Hall–Kier alpha value is -3.52. The summed E-state index contributed by atoms with van der Waals surface area (Å²) in [6.07, 6.45) is 3.00. The third-order valence-corrected chi connectivity index (χ3v) is 9.28. The number of rotatable bonds is 0. The van der Waals surface area contributed by atoms with Crippen molar-refractivity contribution in [2.75, 3.05) is 23.9 Å². The second-order valence-electron chi connectivity index (χ2n) is 14.0. The zero-order chi connectivity index (χ0) is 27.4. The molecule has 0 bridgehead atoms. The van der Waals surface area contributed by atoms with Gasteiger partial charge in [-0.2, -0.15) is 0 Å². The Morgan fingerprint density at radius 3 is 1.26 bits per heavy atom. The standard InChI is InChI=1S/C37H40N2/c1-36(2,3)34-26-18-22-13-9-11-15-28(22)38(7)30(26)20-24-17-25-21-31-27(35(37(4,5)6)33(25)32(24)34)19-23-14-10-12-16-29(23)39(31)8/h9-16,20-21H,17-19H2,1-8H3. The van der Waals surface area contributed by atoms with E-state index in [2.05, 4.69) is 126 Å². The third kappa shape index (κ3) is 3.46. The molecule has 198 valence electrons. The highest BCUT2D eigenvalue weighted by atomic mass is 15.1. The molecule has 4 aromatic rings. The SMILES string of the molecule is CN1c2ccccc2Cc2c1cc1c(c2C(C)(C)C)-c2c(cc3c(c2C(C)(C)C)Cc2ccccc2N3C)C1. The lowest BCUT2D eigenvalue weighted by molar-refractivity contribution is 0.578. The van der Waals surface area contributed by atoms with E-state index < -0.39 is 0 Å². The van der Waals surface area contributed by atoms with Gasteiger partial charge in [0.1, 0.15) is 0 Å². The van der Waals surface area contributed by atoms with Crippen molar-refractivity contribution in [3.63, 3.8) is 0 Å². The molecule has 0 unspecified atom stereocenters. The Kier molecular flexibility index (Phi) is 5.03. The molecule has 2 nitrogen and oxygen atoms in total. The summed E-state index contributed by atoms with van der Waals surface area (Å²) in [6, 6.07) is 22.9. The van der Waals surface area contributed by atoms with E-state index in [4.69, 9.17) is 0 Å². The molecule has 0 fully saturated rings. The van der Waals surface area contributed by atoms with Crippen LogP contribution >= 0.6 is 0 Å². The first-order chi connectivity index (χ1) is 18.4. The van der Waals surface area contributed by atoms with Crippen molar-refractivity contribution in [1.29, 1.82) is 0 Å². The summed E-state index contributed by atoms with van der Waals surface area (Å²) in [5.74, 6) is 0. The molecule has 0 radical (unpaired) electrons. The molecule has 0 aromatic heterocycles. The molecular weight excluding hydrogens is 472 g/mol. The Morgan fingerprint density at radius 1 is 0.487 bits per heavy atom. The fourth-order valence-electron chi connectivity index (χ4n) is 7.81. The summed E-state index contributed by atoms with van der Waals surface area (Å²) in [5, 5.41) is 0. The molecule has 4 aromatic carbocycles. The lowest BCUT2D eigenvalue weighted by Crippen LogP contribution is -2.26. The van der Waals surface area contributed by atoms with Gasteiger partial charge in [-0.3, -0.25) is 0 Å². The maximum atomic E-state index is 2.53. The minimum absolute atomic E-state index is 0.0264. The van der Waals surface area contributed by atoms with Crippen LogP contribution in [0.5, 0.6) is 0 Å². The van der Waals surface area contributed by atoms with Crippen molar-refractivity contribution in [3.8, 4) is 11.1 Å². The van der Waals surface area contributed by atoms with Crippen LogP contribution < -0.4 is 9.80 Å². The van der Waals surface area contributed by atoms with Crippen LogP contribution in [0.1, 0.15) is 86.1 Å². The molecule has 0 spiro atoms. The summed E-state index contributed by atoms with van der Waals surface area (Å²) < 4.78 is 0. The summed E-state index contributed by atoms with van der Waals surface area (Å²) in [4.78, 5) is 4.87. The quantitative estimate of drug-likeness (QED) is 0.204. The number of fused-ring (bicyclic) bond motifs is 7. The summed E-state index contributed by atoms with van der Waals surface area (Å²) in [5.41, 5.74) is 20.5. The second-order valence-corrected chi connectivity index (χ2v) is 14.0. The van der Waals surface area contributed by atoms with Gasteiger partial charge >= 0.3 is 0 Å². The van der Waals surface area contributed by atoms with Crippen LogP contribution in [0.15, 0.2) is 60.7 Å². The lowest BCUT2D eigenvalue weighted by atomic mass is 9.71. The van der Waals surface area contributed by atoms with Gasteiger partial charge in [0.05, 0.1) is 0 Å². The Balaban J connectivity index is 1.55. The van der Waals surface area contributed by atoms with Crippen molar-refractivity contribution in [2.45, 2.75) is 71.6 Å². The van der Waals surface area contributed by atoms with Gasteiger partial charge in [-0.25, -0.2) is 0 Å². The van der Waals surface area contributed by atoms with Crippen molar-refractivity contribution >= 4 is 22.7 Å². The predicted molar refractivity (Wildman–Crippen MR) is 167 cm³/mol. The molecule has 1 aliphatic carbocycles. The fraction of sp³-hybridized carbons (Fsp3) is 0.351. The van der Waals surface area contributed by atoms with E-state index in [0.29, 0.717) is 0 Å². The van der Waals surface area contributed by atoms with Crippen molar-refractivity contribution in [2.24, 2.45) is 0 Å². The first kappa shape index (κ1) is 24.5. The average molecular weight is 513 g/mol.